The molecule has 0 aliphatic heterocycles. The van der Waals surface area contributed by atoms with Crippen LogP contribution in [0.25, 0.3) is 0 Å². The number of hydrogen-bond acceptors (Lipinski definition) is 3. The molecule has 114 valence electrons. The number of ether oxygens (including phenoxy) is 1. The van der Waals surface area contributed by atoms with E-state index in [0.29, 0.717) is 30.0 Å². The van der Waals surface area contributed by atoms with Gasteiger partial charge in [0.25, 0.3) is 0 Å². The molecule has 0 N–H and O–H groups in total. The molecule has 0 aromatic carbocycles. The van der Waals surface area contributed by atoms with Gasteiger partial charge in [0.1, 0.15) is 5.78 Å². The third-order valence-corrected chi connectivity index (χ3v) is 5.89. The summed E-state index contributed by atoms with van der Waals surface area (Å²) >= 11 is 0. The van der Waals surface area contributed by atoms with E-state index in [1.807, 2.05) is 0 Å². The molecule has 2 fully saturated rings. The summed E-state index contributed by atoms with van der Waals surface area (Å²) in [5.74, 6) is 1.95. The Bertz CT molecular complexity index is 376. The molecular formula is C17H28O3. The first-order valence-electron chi connectivity index (χ1n) is 8.08. The Morgan fingerprint density at radius 1 is 1.45 bits per heavy atom. The summed E-state index contributed by atoms with van der Waals surface area (Å²) in [6.45, 7) is 4.64. The fourth-order valence-electron chi connectivity index (χ4n) is 4.78. The Hall–Kier alpha value is -0.860. The van der Waals surface area contributed by atoms with E-state index >= 15 is 0 Å². The Morgan fingerprint density at radius 3 is 2.90 bits per heavy atom. The molecule has 2 saturated carbocycles. The number of fused-ring (bicyclic) bond motifs is 1. The molecule has 0 unspecified atom stereocenters. The second-order valence-electron chi connectivity index (χ2n) is 7.01. The summed E-state index contributed by atoms with van der Waals surface area (Å²) in [4.78, 5) is 23.3. The number of Topliss-reactive ketones (excluding diaryl/α,β-unsaturated/α-hetero) is 1. The lowest BCUT2D eigenvalue weighted by Gasteiger charge is -2.42. The number of rotatable bonds is 5. The highest BCUT2D eigenvalue weighted by atomic mass is 16.5. The van der Waals surface area contributed by atoms with Gasteiger partial charge < -0.3 is 4.74 Å². The van der Waals surface area contributed by atoms with Crippen LogP contribution >= 0.6 is 0 Å². The first kappa shape index (κ1) is 15.5. The van der Waals surface area contributed by atoms with Crippen LogP contribution in [-0.2, 0) is 14.3 Å². The maximum atomic E-state index is 12.1. The van der Waals surface area contributed by atoms with E-state index in [1.165, 1.54) is 20.0 Å². The molecule has 2 rings (SSSR count). The number of carbonyl (C=O) groups is 2. The SMILES string of the molecule is COC(=O)CCC[C@H](C)[C@@H]1CC[C@@H]2C(=O)CCC[C@@]21C. The molecular weight excluding hydrogens is 252 g/mol. The van der Waals surface area contributed by atoms with Gasteiger partial charge in [0.05, 0.1) is 7.11 Å². The third-order valence-electron chi connectivity index (χ3n) is 5.89. The molecule has 20 heavy (non-hydrogen) atoms. The molecule has 3 heteroatoms. The first-order chi connectivity index (χ1) is 9.49. The van der Waals surface area contributed by atoms with Gasteiger partial charge in [-0.1, -0.05) is 13.8 Å². The molecule has 4 atom stereocenters. The molecule has 0 amide bonds. The topological polar surface area (TPSA) is 43.4 Å². The summed E-state index contributed by atoms with van der Waals surface area (Å²) in [6, 6.07) is 0. The monoisotopic (exact) mass is 280 g/mol. The number of ketones is 1. The number of hydrogen-bond donors (Lipinski definition) is 0. The van der Waals surface area contributed by atoms with Gasteiger partial charge in [-0.3, -0.25) is 9.59 Å². The van der Waals surface area contributed by atoms with Gasteiger partial charge in [0.2, 0.25) is 0 Å². The Balaban J connectivity index is 1.91. The van der Waals surface area contributed by atoms with E-state index in [-0.39, 0.29) is 11.4 Å². The minimum Gasteiger partial charge on any atom is -0.469 e. The van der Waals surface area contributed by atoms with E-state index in [2.05, 4.69) is 13.8 Å². The highest BCUT2D eigenvalue weighted by Gasteiger charge is 2.52. The van der Waals surface area contributed by atoms with E-state index in [0.717, 1.165) is 32.1 Å². The van der Waals surface area contributed by atoms with Gasteiger partial charge in [-0.25, -0.2) is 0 Å². The van der Waals surface area contributed by atoms with Crippen molar-refractivity contribution < 1.29 is 14.3 Å². The molecule has 2 aliphatic rings. The number of esters is 1. The Labute approximate surface area is 122 Å². The van der Waals surface area contributed by atoms with Crippen LogP contribution in [0.1, 0.15) is 65.2 Å². The van der Waals surface area contributed by atoms with Gasteiger partial charge in [0, 0.05) is 18.8 Å². The van der Waals surface area contributed by atoms with Gasteiger partial charge in [-0.2, -0.15) is 0 Å². The summed E-state index contributed by atoms with van der Waals surface area (Å²) in [5, 5.41) is 0. The van der Waals surface area contributed by atoms with Crippen LogP contribution in [0, 0.1) is 23.2 Å². The standard InChI is InChI=1S/C17H28O3/c1-12(6-4-8-16(19)20-3)13-9-10-14-15(18)7-5-11-17(13,14)2/h12-14H,4-11H2,1-3H3/t12-,13-,14+,17+/m0/s1. The van der Waals surface area contributed by atoms with Crippen molar-refractivity contribution in [3.63, 3.8) is 0 Å². The average molecular weight is 280 g/mol. The van der Waals surface area contributed by atoms with E-state index in [1.54, 1.807) is 0 Å². The quantitative estimate of drug-likeness (QED) is 0.720. The molecule has 0 aromatic heterocycles. The molecule has 0 saturated heterocycles. The van der Waals surface area contributed by atoms with Crippen LogP contribution in [-0.4, -0.2) is 18.9 Å². The fraction of sp³-hybridized carbons (Fsp3) is 0.882. The van der Waals surface area contributed by atoms with Gasteiger partial charge >= 0.3 is 5.97 Å². The van der Waals surface area contributed by atoms with Crippen molar-refractivity contribution in [2.45, 2.75) is 65.2 Å². The van der Waals surface area contributed by atoms with Crippen molar-refractivity contribution in [1.82, 2.24) is 0 Å². The van der Waals surface area contributed by atoms with E-state index in [9.17, 15) is 9.59 Å². The largest absolute Gasteiger partial charge is 0.469 e. The fourth-order valence-corrected chi connectivity index (χ4v) is 4.78. The van der Waals surface area contributed by atoms with Crippen LogP contribution in [0.2, 0.25) is 0 Å². The minimum absolute atomic E-state index is 0.111. The van der Waals surface area contributed by atoms with Crippen LogP contribution in [0.15, 0.2) is 0 Å². The maximum absolute atomic E-state index is 12.1. The zero-order chi connectivity index (χ0) is 14.8. The highest BCUT2D eigenvalue weighted by molar-refractivity contribution is 5.83. The molecule has 0 bridgehead atoms. The van der Waals surface area contributed by atoms with Crippen LogP contribution in [0.4, 0.5) is 0 Å². The predicted octanol–water partition coefficient (Wildman–Crippen LogP) is 3.75. The predicted molar refractivity (Wildman–Crippen MR) is 78.2 cm³/mol. The summed E-state index contributed by atoms with van der Waals surface area (Å²) in [7, 11) is 1.45. The van der Waals surface area contributed by atoms with Crippen molar-refractivity contribution in [2.24, 2.45) is 23.2 Å². The third kappa shape index (κ3) is 2.91. The van der Waals surface area contributed by atoms with Crippen LogP contribution in [0.5, 0.6) is 0 Å². The van der Waals surface area contributed by atoms with E-state index in [4.69, 9.17) is 4.74 Å². The maximum Gasteiger partial charge on any atom is 0.305 e. The summed E-state index contributed by atoms with van der Waals surface area (Å²) < 4.78 is 4.69. The van der Waals surface area contributed by atoms with E-state index < -0.39 is 0 Å². The lowest BCUT2D eigenvalue weighted by atomic mass is 9.62. The molecule has 3 nitrogen and oxygen atoms in total. The van der Waals surface area contributed by atoms with Gasteiger partial charge in [-0.15, -0.1) is 0 Å². The van der Waals surface area contributed by atoms with Crippen LogP contribution < -0.4 is 0 Å². The van der Waals surface area contributed by atoms with Crippen molar-refractivity contribution in [2.75, 3.05) is 7.11 Å². The second kappa shape index (κ2) is 6.28. The smallest absolute Gasteiger partial charge is 0.305 e. The van der Waals surface area contributed by atoms with Crippen molar-refractivity contribution in [1.29, 1.82) is 0 Å². The Kier molecular flexibility index (Phi) is 4.87. The lowest BCUT2D eigenvalue weighted by Crippen LogP contribution is -2.39. The van der Waals surface area contributed by atoms with Gasteiger partial charge in [-0.05, 0) is 55.8 Å². The normalized spacial score (nSPS) is 34.6. The molecule has 2 aliphatic carbocycles. The van der Waals surface area contributed by atoms with Crippen LogP contribution in [0.3, 0.4) is 0 Å². The molecule has 0 spiro atoms. The summed E-state index contributed by atoms with van der Waals surface area (Å²) in [5.41, 5.74) is 0.222. The molecule has 0 aromatic rings. The zero-order valence-electron chi connectivity index (χ0n) is 13.1. The lowest BCUT2D eigenvalue weighted by molar-refractivity contribution is -0.140. The van der Waals surface area contributed by atoms with Crippen molar-refractivity contribution >= 4 is 11.8 Å². The average Bonchev–Trinajstić information content (AvgIpc) is 2.77. The number of methoxy groups -OCH3 is 1. The van der Waals surface area contributed by atoms with Crippen molar-refractivity contribution in [3.05, 3.63) is 0 Å². The minimum atomic E-state index is -0.111. The molecule has 0 heterocycles. The van der Waals surface area contributed by atoms with Crippen molar-refractivity contribution in [3.8, 4) is 0 Å². The zero-order valence-corrected chi connectivity index (χ0v) is 13.1. The van der Waals surface area contributed by atoms with Gasteiger partial charge in [0.15, 0.2) is 0 Å². The Morgan fingerprint density at radius 2 is 2.20 bits per heavy atom. The second-order valence-corrected chi connectivity index (χ2v) is 7.01. The number of carbonyl (C=O) groups excluding carboxylic acids is 2. The first-order valence-corrected chi connectivity index (χ1v) is 8.08. The summed E-state index contributed by atoms with van der Waals surface area (Å²) in [6.07, 6.45) is 7.83. The molecule has 0 radical (unpaired) electrons. The highest BCUT2D eigenvalue weighted by Crippen LogP contribution is 2.57.